The van der Waals surface area contributed by atoms with E-state index in [-0.39, 0.29) is 41.0 Å². The highest BCUT2D eigenvalue weighted by Gasteiger charge is 2.36. The maximum Gasteiger partial charge on any atom is 0.238 e. The van der Waals surface area contributed by atoms with Gasteiger partial charge in [0.1, 0.15) is 11.5 Å². The van der Waals surface area contributed by atoms with E-state index < -0.39 is 11.6 Å². The second kappa shape index (κ2) is 5.23. The summed E-state index contributed by atoms with van der Waals surface area (Å²) in [6, 6.07) is 6.20. The summed E-state index contributed by atoms with van der Waals surface area (Å²) >= 11 is 0. The second-order valence-corrected chi connectivity index (χ2v) is 4.80. The van der Waals surface area contributed by atoms with Crippen molar-refractivity contribution in [1.82, 2.24) is 0 Å². The molecule has 0 saturated carbocycles. The molecule has 3 rings (SSSR count). The number of carbonyl (C=O) groups is 3. The van der Waals surface area contributed by atoms with E-state index in [4.69, 9.17) is 13.9 Å². The standard InChI is InChI=1S/C16H12O6/c1-8(17)12-6-10-14(18)15(19)13-9(16(10)22-12)4-3-5-11(13)21-7-20-2/h3-6H,7H2,1-2H3. The van der Waals surface area contributed by atoms with Gasteiger partial charge in [-0.2, -0.15) is 0 Å². The molecule has 1 aromatic carbocycles. The fourth-order valence-corrected chi connectivity index (χ4v) is 2.37. The number of hydrogen-bond acceptors (Lipinski definition) is 6. The van der Waals surface area contributed by atoms with E-state index in [0.29, 0.717) is 5.56 Å². The van der Waals surface area contributed by atoms with E-state index in [2.05, 4.69) is 0 Å². The van der Waals surface area contributed by atoms with Crippen molar-refractivity contribution in [2.24, 2.45) is 0 Å². The van der Waals surface area contributed by atoms with Gasteiger partial charge < -0.3 is 13.9 Å². The Hall–Kier alpha value is -2.73. The number of ketones is 3. The molecular weight excluding hydrogens is 288 g/mol. The molecule has 0 atom stereocenters. The fourth-order valence-electron chi connectivity index (χ4n) is 2.37. The molecule has 112 valence electrons. The van der Waals surface area contributed by atoms with Gasteiger partial charge in [0.25, 0.3) is 0 Å². The predicted molar refractivity (Wildman–Crippen MR) is 75.3 cm³/mol. The van der Waals surface area contributed by atoms with E-state index >= 15 is 0 Å². The molecule has 6 nitrogen and oxygen atoms in total. The third-order valence-corrected chi connectivity index (χ3v) is 3.36. The van der Waals surface area contributed by atoms with Crippen LogP contribution in [0.5, 0.6) is 5.75 Å². The Morgan fingerprint density at radius 3 is 2.64 bits per heavy atom. The van der Waals surface area contributed by atoms with Crippen LogP contribution in [0.2, 0.25) is 0 Å². The number of carbonyl (C=O) groups excluding carboxylic acids is 3. The zero-order chi connectivity index (χ0) is 15.9. The molecule has 2 aromatic rings. The SMILES string of the molecule is COCOc1cccc2c1C(=O)C(=O)c1cc(C(C)=O)oc1-2. The van der Waals surface area contributed by atoms with Crippen molar-refractivity contribution in [2.45, 2.75) is 6.92 Å². The zero-order valence-electron chi connectivity index (χ0n) is 12.0. The van der Waals surface area contributed by atoms with Crippen molar-refractivity contribution in [3.8, 4) is 17.1 Å². The molecule has 22 heavy (non-hydrogen) atoms. The summed E-state index contributed by atoms with van der Waals surface area (Å²) in [6.07, 6.45) is 0. The summed E-state index contributed by atoms with van der Waals surface area (Å²) in [5.74, 6) is -1.22. The monoisotopic (exact) mass is 300 g/mol. The van der Waals surface area contributed by atoms with Crippen LogP contribution in [0, 0.1) is 0 Å². The highest BCUT2D eigenvalue weighted by molar-refractivity contribution is 6.53. The van der Waals surface area contributed by atoms with Crippen molar-refractivity contribution < 1.29 is 28.3 Å². The maximum atomic E-state index is 12.3. The van der Waals surface area contributed by atoms with Crippen LogP contribution in [0.4, 0.5) is 0 Å². The molecule has 0 radical (unpaired) electrons. The summed E-state index contributed by atoms with van der Waals surface area (Å²) in [7, 11) is 1.45. The molecule has 0 N–H and O–H groups in total. The Labute approximate surface area is 125 Å². The number of hydrogen-bond donors (Lipinski definition) is 0. The van der Waals surface area contributed by atoms with Crippen molar-refractivity contribution in [3.63, 3.8) is 0 Å². The lowest BCUT2D eigenvalue weighted by atomic mass is 9.88. The molecule has 0 bridgehead atoms. The lowest BCUT2D eigenvalue weighted by Crippen LogP contribution is -2.21. The van der Waals surface area contributed by atoms with E-state index in [9.17, 15) is 14.4 Å². The normalized spacial score (nSPS) is 12.8. The van der Waals surface area contributed by atoms with E-state index in [0.717, 1.165) is 0 Å². The van der Waals surface area contributed by atoms with Crippen molar-refractivity contribution in [3.05, 3.63) is 41.2 Å². The second-order valence-electron chi connectivity index (χ2n) is 4.80. The minimum atomic E-state index is -0.716. The minimum absolute atomic E-state index is 0.0437. The fraction of sp³-hybridized carbons (Fsp3) is 0.188. The maximum absolute atomic E-state index is 12.3. The highest BCUT2D eigenvalue weighted by Crippen LogP contribution is 2.39. The van der Waals surface area contributed by atoms with Gasteiger partial charge in [-0.25, -0.2) is 0 Å². The lowest BCUT2D eigenvalue weighted by molar-refractivity contribution is 0.0500. The van der Waals surface area contributed by atoms with Crippen LogP contribution in [0.15, 0.2) is 28.7 Å². The molecule has 0 amide bonds. The van der Waals surface area contributed by atoms with Gasteiger partial charge in [-0.15, -0.1) is 0 Å². The van der Waals surface area contributed by atoms with Gasteiger partial charge in [-0.05, 0) is 12.1 Å². The van der Waals surface area contributed by atoms with Gasteiger partial charge in [-0.3, -0.25) is 14.4 Å². The molecule has 1 heterocycles. The number of benzene rings is 1. The van der Waals surface area contributed by atoms with Crippen LogP contribution >= 0.6 is 0 Å². The summed E-state index contributed by atoms with van der Waals surface area (Å²) in [6.45, 7) is 1.28. The van der Waals surface area contributed by atoms with E-state index in [1.165, 1.54) is 20.1 Å². The number of methoxy groups -OCH3 is 1. The predicted octanol–water partition coefficient (Wildman–Crippen LogP) is 2.51. The Balaban J connectivity index is 2.22. The molecule has 1 aliphatic carbocycles. The summed E-state index contributed by atoms with van der Waals surface area (Å²) in [5.41, 5.74) is 0.661. The van der Waals surface area contributed by atoms with Crippen LogP contribution in [0.25, 0.3) is 11.3 Å². The first kappa shape index (κ1) is 14.2. The quantitative estimate of drug-likeness (QED) is 0.490. The average Bonchev–Trinajstić information content (AvgIpc) is 2.96. The Bertz CT molecular complexity index is 799. The molecule has 0 fully saturated rings. The van der Waals surface area contributed by atoms with Crippen LogP contribution in [0.1, 0.15) is 38.2 Å². The lowest BCUT2D eigenvalue weighted by Gasteiger charge is -2.16. The number of ether oxygens (including phenoxy) is 2. The third-order valence-electron chi connectivity index (χ3n) is 3.36. The number of furan rings is 1. The van der Waals surface area contributed by atoms with Gasteiger partial charge in [0, 0.05) is 19.6 Å². The summed E-state index contributed by atoms with van der Waals surface area (Å²) < 4.78 is 15.6. The van der Waals surface area contributed by atoms with Crippen LogP contribution in [-0.2, 0) is 4.74 Å². The van der Waals surface area contributed by atoms with Gasteiger partial charge in [0.15, 0.2) is 18.3 Å². The molecule has 6 heteroatoms. The van der Waals surface area contributed by atoms with Crippen molar-refractivity contribution >= 4 is 17.3 Å². The van der Waals surface area contributed by atoms with Gasteiger partial charge >= 0.3 is 0 Å². The molecule has 1 aromatic heterocycles. The minimum Gasteiger partial charge on any atom is -0.467 e. The first-order chi connectivity index (χ1) is 10.5. The topological polar surface area (TPSA) is 82.8 Å². The molecule has 0 spiro atoms. The van der Waals surface area contributed by atoms with Crippen LogP contribution in [-0.4, -0.2) is 31.3 Å². The molecule has 0 aliphatic heterocycles. The smallest absolute Gasteiger partial charge is 0.238 e. The van der Waals surface area contributed by atoms with Gasteiger partial charge in [0.05, 0.1) is 11.1 Å². The molecule has 1 aliphatic rings. The largest absolute Gasteiger partial charge is 0.467 e. The van der Waals surface area contributed by atoms with Crippen molar-refractivity contribution in [2.75, 3.05) is 13.9 Å². The molecule has 0 saturated heterocycles. The number of fused-ring (bicyclic) bond motifs is 3. The van der Waals surface area contributed by atoms with Crippen LogP contribution < -0.4 is 4.74 Å². The van der Waals surface area contributed by atoms with Gasteiger partial charge in [-0.1, -0.05) is 12.1 Å². The number of rotatable bonds is 4. The molecular formula is C16H12O6. The zero-order valence-corrected chi connectivity index (χ0v) is 12.0. The van der Waals surface area contributed by atoms with Gasteiger partial charge in [0.2, 0.25) is 11.6 Å². The van der Waals surface area contributed by atoms with E-state index in [1.807, 2.05) is 0 Å². The van der Waals surface area contributed by atoms with Crippen LogP contribution in [0.3, 0.4) is 0 Å². The summed E-state index contributed by atoms with van der Waals surface area (Å²) in [4.78, 5) is 36.0. The molecule has 0 unspecified atom stereocenters. The van der Waals surface area contributed by atoms with Crippen molar-refractivity contribution in [1.29, 1.82) is 0 Å². The highest BCUT2D eigenvalue weighted by atomic mass is 16.7. The first-order valence-electron chi connectivity index (χ1n) is 6.53. The Kier molecular flexibility index (Phi) is 3.38. The number of Topliss-reactive ketones (excluding diaryl/α,β-unsaturated/α-hetero) is 3. The first-order valence-corrected chi connectivity index (χ1v) is 6.53. The average molecular weight is 300 g/mol. The third kappa shape index (κ3) is 2.05. The summed E-state index contributed by atoms with van der Waals surface area (Å²) in [5, 5.41) is 0. The Morgan fingerprint density at radius 2 is 1.95 bits per heavy atom. The van der Waals surface area contributed by atoms with E-state index in [1.54, 1.807) is 18.2 Å². The Morgan fingerprint density at radius 1 is 1.18 bits per heavy atom.